The normalized spacial score (nSPS) is 15.3. The van der Waals surface area contributed by atoms with Crippen LogP contribution < -0.4 is 15.4 Å². The highest BCUT2D eigenvalue weighted by Gasteiger charge is 2.23. The van der Waals surface area contributed by atoms with Gasteiger partial charge >= 0.3 is 6.03 Å². The van der Waals surface area contributed by atoms with E-state index in [4.69, 9.17) is 4.74 Å². The number of carbonyl (C=O) groups excluding carboxylic acids is 2. The second-order valence-electron chi connectivity index (χ2n) is 6.79. The molecule has 0 saturated carbocycles. The summed E-state index contributed by atoms with van der Waals surface area (Å²) in [5, 5.41) is 12.6. The maximum atomic E-state index is 14.1. The average molecular weight is 373 g/mol. The number of halogens is 1. The molecule has 0 spiro atoms. The highest BCUT2D eigenvalue weighted by Crippen LogP contribution is 2.34. The number of urea groups is 1. The summed E-state index contributed by atoms with van der Waals surface area (Å²) in [5.74, 6) is -1.04. The summed E-state index contributed by atoms with van der Waals surface area (Å²) < 4.78 is 19.2. The van der Waals surface area contributed by atoms with Gasteiger partial charge in [0, 0.05) is 24.5 Å². The molecular formula is C18H20FN5O3. The lowest BCUT2D eigenvalue weighted by Crippen LogP contribution is -2.31. The number of hydrogen-bond donors (Lipinski definition) is 3. The summed E-state index contributed by atoms with van der Waals surface area (Å²) in [6.07, 6.45) is 4.22. The fraction of sp³-hybridized carbons (Fsp3) is 0.389. The number of nitrogens with zero attached hydrogens (tertiary/aromatic N) is 2. The molecule has 1 aromatic carbocycles. The number of benzene rings is 1. The Balaban J connectivity index is 1.46. The number of hydrogen-bond acceptors (Lipinski definition) is 4. The molecule has 8 nitrogen and oxygen atoms in total. The van der Waals surface area contributed by atoms with Crippen LogP contribution in [0.5, 0.6) is 5.75 Å². The molecule has 1 aromatic heterocycles. The van der Waals surface area contributed by atoms with Crippen molar-refractivity contribution in [3.05, 3.63) is 34.9 Å². The van der Waals surface area contributed by atoms with Crippen molar-refractivity contribution in [2.75, 3.05) is 24.3 Å². The molecule has 1 aliphatic heterocycles. The number of fused-ring (bicyclic) bond motifs is 2. The Morgan fingerprint density at radius 3 is 3.04 bits per heavy atom. The number of nitrogens with one attached hydrogen (secondary N) is 3. The largest absolute Gasteiger partial charge is 0.478 e. The number of aryl methyl sites for hydroxylation is 1. The van der Waals surface area contributed by atoms with Crippen molar-refractivity contribution in [3.63, 3.8) is 0 Å². The van der Waals surface area contributed by atoms with E-state index in [1.165, 1.54) is 22.6 Å². The van der Waals surface area contributed by atoms with Crippen molar-refractivity contribution in [2.45, 2.75) is 32.2 Å². The third kappa shape index (κ3) is 3.44. The Kier molecular flexibility index (Phi) is 4.43. The second kappa shape index (κ2) is 6.90. The maximum absolute atomic E-state index is 14.1. The van der Waals surface area contributed by atoms with Crippen LogP contribution in [0.3, 0.4) is 0 Å². The predicted octanol–water partition coefficient (Wildman–Crippen LogP) is 2.42. The van der Waals surface area contributed by atoms with Crippen LogP contribution in [-0.2, 0) is 24.2 Å². The van der Waals surface area contributed by atoms with Gasteiger partial charge in [0.15, 0.2) is 18.2 Å². The Labute approximate surface area is 155 Å². The Hall–Kier alpha value is -3.10. The molecule has 2 aromatic rings. The summed E-state index contributed by atoms with van der Waals surface area (Å²) in [4.78, 5) is 25.4. The first-order valence-corrected chi connectivity index (χ1v) is 8.84. The first kappa shape index (κ1) is 17.3. The van der Waals surface area contributed by atoms with Gasteiger partial charge in [0.25, 0.3) is 5.91 Å². The van der Waals surface area contributed by atoms with Crippen molar-refractivity contribution < 1.29 is 18.7 Å². The minimum Gasteiger partial charge on any atom is -0.478 e. The standard InChI is InChI=1S/C18H20FN5O3/c1-24(8-15-11-4-2-3-5-13(11)22-23-15)18(26)20-10-6-12(19)17-14(7-10)21-16(25)9-27-17/h6-7H,2-5,8-9H2,1H3,(H,20,26)(H,21,25)(H,22,23). The SMILES string of the molecule is CN(Cc1n[nH]c2c1CCCC2)C(=O)Nc1cc(F)c2c(c1)NC(=O)CO2. The lowest BCUT2D eigenvalue weighted by atomic mass is 9.96. The zero-order chi connectivity index (χ0) is 19.0. The zero-order valence-corrected chi connectivity index (χ0v) is 14.9. The summed E-state index contributed by atoms with van der Waals surface area (Å²) in [6.45, 7) is 0.122. The summed E-state index contributed by atoms with van der Waals surface area (Å²) in [6, 6.07) is 2.24. The molecule has 3 N–H and O–H groups in total. The molecule has 2 aliphatic rings. The zero-order valence-electron chi connectivity index (χ0n) is 14.9. The van der Waals surface area contributed by atoms with Gasteiger partial charge in [-0.25, -0.2) is 9.18 Å². The molecule has 0 unspecified atom stereocenters. The van der Waals surface area contributed by atoms with E-state index in [1.54, 1.807) is 7.05 Å². The van der Waals surface area contributed by atoms with Crippen molar-refractivity contribution in [1.82, 2.24) is 15.1 Å². The number of anilines is 2. The van der Waals surface area contributed by atoms with Crippen molar-refractivity contribution in [3.8, 4) is 5.75 Å². The molecule has 0 atom stereocenters. The molecular weight excluding hydrogens is 353 g/mol. The van der Waals surface area contributed by atoms with Crippen LogP contribution in [0.1, 0.15) is 29.8 Å². The van der Waals surface area contributed by atoms with Crippen LogP contribution >= 0.6 is 0 Å². The summed E-state index contributed by atoms with van der Waals surface area (Å²) in [7, 11) is 1.65. The third-order valence-electron chi connectivity index (χ3n) is 4.79. The van der Waals surface area contributed by atoms with E-state index >= 15 is 0 Å². The van der Waals surface area contributed by atoms with E-state index in [0.29, 0.717) is 6.54 Å². The van der Waals surface area contributed by atoms with E-state index in [2.05, 4.69) is 20.8 Å². The van der Waals surface area contributed by atoms with E-state index in [9.17, 15) is 14.0 Å². The predicted molar refractivity (Wildman–Crippen MR) is 96.2 cm³/mol. The Bertz CT molecular complexity index is 911. The molecule has 2 heterocycles. The van der Waals surface area contributed by atoms with E-state index < -0.39 is 11.8 Å². The van der Waals surface area contributed by atoms with Crippen LogP contribution in [-0.4, -0.2) is 40.7 Å². The Morgan fingerprint density at radius 1 is 1.37 bits per heavy atom. The highest BCUT2D eigenvalue weighted by molar-refractivity contribution is 5.97. The molecule has 1 aliphatic carbocycles. The molecule has 3 amide bonds. The minimum absolute atomic E-state index is 0.0240. The van der Waals surface area contributed by atoms with Gasteiger partial charge < -0.3 is 20.3 Å². The van der Waals surface area contributed by atoms with E-state index in [1.807, 2.05) is 0 Å². The van der Waals surface area contributed by atoms with Crippen LogP contribution in [0, 0.1) is 5.82 Å². The van der Waals surface area contributed by atoms with Crippen molar-refractivity contribution in [1.29, 1.82) is 0 Å². The van der Waals surface area contributed by atoms with Gasteiger partial charge in [-0.2, -0.15) is 5.10 Å². The molecule has 0 radical (unpaired) electrons. The van der Waals surface area contributed by atoms with Gasteiger partial charge in [0.1, 0.15) is 0 Å². The fourth-order valence-electron chi connectivity index (χ4n) is 3.42. The lowest BCUT2D eigenvalue weighted by molar-refractivity contribution is -0.118. The average Bonchev–Trinajstić information content (AvgIpc) is 3.04. The molecule has 4 rings (SSSR count). The number of ether oxygens (including phenoxy) is 1. The maximum Gasteiger partial charge on any atom is 0.321 e. The molecule has 0 bridgehead atoms. The molecule has 0 fully saturated rings. The van der Waals surface area contributed by atoms with Crippen LogP contribution in [0.25, 0.3) is 0 Å². The summed E-state index contributed by atoms with van der Waals surface area (Å²) in [5.41, 5.74) is 3.64. The summed E-state index contributed by atoms with van der Waals surface area (Å²) >= 11 is 0. The van der Waals surface area contributed by atoms with Gasteiger partial charge in [0.2, 0.25) is 0 Å². The number of amides is 3. The number of aromatic nitrogens is 2. The van der Waals surface area contributed by atoms with Gasteiger partial charge in [-0.15, -0.1) is 0 Å². The number of aromatic amines is 1. The third-order valence-corrected chi connectivity index (χ3v) is 4.79. The highest BCUT2D eigenvalue weighted by atomic mass is 19.1. The van der Waals surface area contributed by atoms with Gasteiger partial charge in [-0.3, -0.25) is 9.89 Å². The lowest BCUT2D eigenvalue weighted by Gasteiger charge is -2.21. The molecule has 0 saturated heterocycles. The number of H-pyrrole nitrogens is 1. The topological polar surface area (TPSA) is 99.4 Å². The van der Waals surface area contributed by atoms with Gasteiger partial charge in [-0.1, -0.05) is 0 Å². The molecule has 27 heavy (non-hydrogen) atoms. The van der Waals surface area contributed by atoms with Gasteiger partial charge in [-0.05, 0) is 37.3 Å². The molecule has 9 heteroatoms. The minimum atomic E-state index is -0.646. The second-order valence-corrected chi connectivity index (χ2v) is 6.79. The van der Waals surface area contributed by atoms with Crippen LogP contribution in [0.15, 0.2) is 12.1 Å². The van der Waals surface area contributed by atoms with Crippen LogP contribution in [0.4, 0.5) is 20.6 Å². The van der Waals surface area contributed by atoms with Crippen LogP contribution in [0.2, 0.25) is 0 Å². The van der Waals surface area contributed by atoms with Gasteiger partial charge in [0.05, 0.1) is 17.9 Å². The monoisotopic (exact) mass is 373 g/mol. The van der Waals surface area contributed by atoms with Crippen molar-refractivity contribution >= 4 is 23.3 Å². The first-order chi connectivity index (χ1) is 13.0. The number of carbonyl (C=O) groups is 2. The molecule has 142 valence electrons. The number of rotatable bonds is 3. The smallest absolute Gasteiger partial charge is 0.321 e. The fourth-order valence-corrected chi connectivity index (χ4v) is 3.42. The van der Waals surface area contributed by atoms with E-state index in [0.717, 1.165) is 37.1 Å². The quantitative estimate of drug-likeness (QED) is 0.769. The van der Waals surface area contributed by atoms with E-state index in [-0.39, 0.29) is 29.6 Å². The first-order valence-electron chi connectivity index (χ1n) is 8.84. The Morgan fingerprint density at radius 2 is 2.19 bits per heavy atom. The van der Waals surface area contributed by atoms with Crippen molar-refractivity contribution in [2.24, 2.45) is 0 Å².